The molecule has 0 spiro atoms. The van der Waals surface area contributed by atoms with Crippen LogP contribution in [0, 0.1) is 0 Å². The standard InChI is InChI=1S/C16H13ClN2O5S/c17-11-6-14-15(24-8-23-14)7-13(11)19-25(21,22)10-2-3-12-9(5-10)1-4-16(20)18-12/h2-3,5-7,19H,1,4,8H2,(H,18,20). The second-order valence-corrected chi connectivity index (χ2v) is 7.75. The lowest BCUT2D eigenvalue weighted by molar-refractivity contribution is -0.116. The van der Waals surface area contributed by atoms with Crippen molar-refractivity contribution in [3.63, 3.8) is 0 Å². The lowest BCUT2D eigenvalue weighted by atomic mass is 10.0. The van der Waals surface area contributed by atoms with E-state index in [-0.39, 0.29) is 28.3 Å². The van der Waals surface area contributed by atoms with E-state index < -0.39 is 10.0 Å². The number of carbonyl (C=O) groups excluding carboxylic acids is 1. The largest absolute Gasteiger partial charge is 0.454 e. The molecule has 9 heteroatoms. The van der Waals surface area contributed by atoms with Gasteiger partial charge >= 0.3 is 0 Å². The van der Waals surface area contributed by atoms with Gasteiger partial charge in [-0.15, -0.1) is 0 Å². The zero-order chi connectivity index (χ0) is 17.6. The van der Waals surface area contributed by atoms with Crippen molar-refractivity contribution in [3.8, 4) is 11.5 Å². The summed E-state index contributed by atoms with van der Waals surface area (Å²) in [7, 11) is -3.84. The van der Waals surface area contributed by atoms with Crippen molar-refractivity contribution in [2.45, 2.75) is 17.7 Å². The second-order valence-electron chi connectivity index (χ2n) is 5.66. The van der Waals surface area contributed by atoms with Gasteiger partial charge in [-0.05, 0) is 30.2 Å². The van der Waals surface area contributed by atoms with Gasteiger partial charge in [0, 0.05) is 24.2 Å². The molecule has 2 aromatic carbocycles. The maximum atomic E-state index is 12.7. The third-order valence-electron chi connectivity index (χ3n) is 3.99. The summed E-state index contributed by atoms with van der Waals surface area (Å²) < 4.78 is 38.3. The molecular weight excluding hydrogens is 368 g/mol. The zero-order valence-corrected chi connectivity index (χ0v) is 14.4. The first-order chi connectivity index (χ1) is 11.9. The summed E-state index contributed by atoms with van der Waals surface area (Å²) in [5.41, 5.74) is 1.62. The average molecular weight is 381 g/mol. The highest BCUT2D eigenvalue weighted by molar-refractivity contribution is 7.92. The number of hydrogen-bond donors (Lipinski definition) is 2. The number of anilines is 2. The van der Waals surface area contributed by atoms with E-state index in [2.05, 4.69) is 10.0 Å². The van der Waals surface area contributed by atoms with Crippen LogP contribution in [-0.4, -0.2) is 21.1 Å². The van der Waals surface area contributed by atoms with Gasteiger partial charge < -0.3 is 14.8 Å². The SMILES string of the molecule is O=C1CCc2cc(S(=O)(=O)Nc3cc4c(cc3Cl)OCO4)ccc2N1. The Balaban J connectivity index is 1.66. The first-order valence-electron chi connectivity index (χ1n) is 7.47. The van der Waals surface area contributed by atoms with Gasteiger partial charge in [0.05, 0.1) is 15.6 Å². The lowest BCUT2D eigenvalue weighted by Crippen LogP contribution is -2.20. The van der Waals surface area contributed by atoms with Crippen LogP contribution in [0.4, 0.5) is 11.4 Å². The second kappa shape index (κ2) is 5.82. The Morgan fingerprint density at radius 3 is 2.64 bits per heavy atom. The molecule has 2 aliphatic heterocycles. The number of sulfonamides is 1. The Labute approximate surface area is 148 Å². The molecule has 2 heterocycles. The summed E-state index contributed by atoms with van der Waals surface area (Å²) in [5.74, 6) is 0.820. The highest BCUT2D eigenvalue weighted by Gasteiger charge is 2.23. The predicted octanol–water partition coefficient (Wildman–Crippen LogP) is 2.75. The summed E-state index contributed by atoms with van der Waals surface area (Å²) in [6.45, 7) is 0.0679. The van der Waals surface area contributed by atoms with Crippen molar-refractivity contribution in [2.75, 3.05) is 16.8 Å². The molecule has 0 radical (unpaired) electrons. The summed E-state index contributed by atoms with van der Waals surface area (Å²) in [4.78, 5) is 11.5. The van der Waals surface area contributed by atoms with Gasteiger partial charge in [-0.2, -0.15) is 0 Å². The number of ether oxygens (including phenoxy) is 2. The van der Waals surface area contributed by atoms with Gasteiger partial charge in [0.2, 0.25) is 12.7 Å². The monoisotopic (exact) mass is 380 g/mol. The van der Waals surface area contributed by atoms with E-state index in [1.54, 1.807) is 12.1 Å². The molecule has 7 nitrogen and oxygen atoms in total. The normalized spacial score (nSPS) is 15.5. The fourth-order valence-electron chi connectivity index (χ4n) is 2.73. The average Bonchev–Trinajstić information content (AvgIpc) is 3.01. The molecule has 0 bridgehead atoms. The molecule has 25 heavy (non-hydrogen) atoms. The molecule has 0 fully saturated rings. The van der Waals surface area contributed by atoms with Crippen LogP contribution < -0.4 is 19.5 Å². The minimum absolute atomic E-state index is 0.0679. The Kier molecular flexibility index (Phi) is 3.73. The number of nitrogens with one attached hydrogen (secondary N) is 2. The van der Waals surface area contributed by atoms with E-state index in [4.69, 9.17) is 21.1 Å². The maximum Gasteiger partial charge on any atom is 0.261 e. The van der Waals surface area contributed by atoms with Gasteiger partial charge in [0.1, 0.15) is 0 Å². The van der Waals surface area contributed by atoms with Gasteiger partial charge in [-0.25, -0.2) is 8.42 Å². The number of hydrogen-bond acceptors (Lipinski definition) is 5. The fourth-order valence-corrected chi connectivity index (χ4v) is 4.10. The van der Waals surface area contributed by atoms with E-state index in [0.29, 0.717) is 30.0 Å². The zero-order valence-electron chi connectivity index (χ0n) is 12.8. The van der Waals surface area contributed by atoms with Crippen molar-refractivity contribution < 1.29 is 22.7 Å². The Bertz CT molecular complexity index is 990. The molecule has 0 aromatic heterocycles. The van der Waals surface area contributed by atoms with Gasteiger partial charge in [-0.3, -0.25) is 9.52 Å². The minimum Gasteiger partial charge on any atom is -0.454 e. The van der Waals surface area contributed by atoms with E-state index in [1.165, 1.54) is 18.2 Å². The summed E-state index contributed by atoms with van der Waals surface area (Å²) >= 11 is 6.12. The molecule has 0 saturated heterocycles. The van der Waals surface area contributed by atoms with Crippen LogP contribution in [0.3, 0.4) is 0 Å². The minimum atomic E-state index is -3.84. The Morgan fingerprint density at radius 1 is 1.08 bits per heavy atom. The predicted molar refractivity (Wildman–Crippen MR) is 91.8 cm³/mol. The van der Waals surface area contributed by atoms with Crippen LogP contribution in [-0.2, 0) is 21.2 Å². The van der Waals surface area contributed by atoms with Gasteiger partial charge in [0.25, 0.3) is 10.0 Å². The topological polar surface area (TPSA) is 93.7 Å². The van der Waals surface area contributed by atoms with Crippen molar-refractivity contribution in [1.29, 1.82) is 0 Å². The number of amides is 1. The molecule has 2 aliphatic rings. The Morgan fingerprint density at radius 2 is 1.84 bits per heavy atom. The van der Waals surface area contributed by atoms with Crippen molar-refractivity contribution in [1.82, 2.24) is 0 Å². The lowest BCUT2D eigenvalue weighted by Gasteiger charge is -2.18. The fraction of sp³-hybridized carbons (Fsp3) is 0.188. The molecule has 130 valence electrons. The first-order valence-corrected chi connectivity index (χ1v) is 9.33. The van der Waals surface area contributed by atoms with E-state index in [9.17, 15) is 13.2 Å². The van der Waals surface area contributed by atoms with E-state index >= 15 is 0 Å². The molecule has 1 amide bonds. The molecule has 4 rings (SSSR count). The molecule has 0 saturated carbocycles. The van der Waals surface area contributed by atoms with E-state index in [0.717, 1.165) is 5.56 Å². The molecule has 0 atom stereocenters. The van der Waals surface area contributed by atoms with Crippen molar-refractivity contribution >= 4 is 38.9 Å². The third kappa shape index (κ3) is 2.98. The van der Waals surface area contributed by atoms with Crippen molar-refractivity contribution in [3.05, 3.63) is 40.9 Å². The number of fused-ring (bicyclic) bond motifs is 2. The molecule has 2 N–H and O–H groups in total. The number of aryl methyl sites for hydroxylation is 1. The van der Waals surface area contributed by atoms with E-state index in [1.807, 2.05) is 0 Å². The first kappa shape index (κ1) is 16.0. The van der Waals surface area contributed by atoms with Crippen LogP contribution in [0.1, 0.15) is 12.0 Å². The number of rotatable bonds is 3. The van der Waals surface area contributed by atoms with Crippen LogP contribution in [0.2, 0.25) is 5.02 Å². The van der Waals surface area contributed by atoms with Crippen LogP contribution in [0.5, 0.6) is 11.5 Å². The maximum absolute atomic E-state index is 12.7. The third-order valence-corrected chi connectivity index (χ3v) is 5.66. The smallest absolute Gasteiger partial charge is 0.261 e. The molecular formula is C16H13ClN2O5S. The van der Waals surface area contributed by atoms with Gasteiger partial charge in [0.15, 0.2) is 11.5 Å². The van der Waals surface area contributed by atoms with Crippen molar-refractivity contribution in [2.24, 2.45) is 0 Å². The highest BCUT2D eigenvalue weighted by atomic mass is 35.5. The Hall–Kier alpha value is -2.45. The number of halogens is 1. The summed E-state index contributed by atoms with van der Waals surface area (Å²) in [5, 5.41) is 2.93. The molecule has 0 unspecified atom stereocenters. The number of carbonyl (C=O) groups is 1. The summed E-state index contributed by atoms with van der Waals surface area (Å²) in [6, 6.07) is 7.57. The summed E-state index contributed by atoms with van der Waals surface area (Å²) in [6.07, 6.45) is 0.827. The molecule has 2 aromatic rings. The van der Waals surface area contributed by atoms with Crippen LogP contribution in [0.25, 0.3) is 0 Å². The number of benzene rings is 2. The quantitative estimate of drug-likeness (QED) is 0.853. The van der Waals surface area contributed by atoms with Crippen LogP contribution in [0.15, 0.2) is 35.2 Å². The highest BCUT2D eigenvalue weighted by Crippen LogP contribution is 2.40. The van der Waals surface area contributed by atoms with Crippen LogP contribution >= 0.6 is 11.6 Å². The molecule has 0 aliphatic carbocycles. The van der Waals surface area contributed by atoms with Gasteiger partial charge in [-0.1, -0.05) is 11.6 Å².